The minimum absolute atomic E-state index is 0.0250. The van der Waals surface area contributed by atoms with Gasteiger partial charge < -0.3 is 19.3 Å². The minimum Gasteiger partial charge on any atom is -0.462 e. The van der Waals surface area contributed by atoms with E-state index in [0.29, 0.717) is 12.8 Å². The summed E-state index contributed by atoms with van der Waals surface area (Å²) in [6.45, 7) is 3.45. The first-order chi connectivity index (χ1) is 23.3. The Labute approximate surface area is 291 Å². The molecule has 8 nitrogen and oxygen atoms in total. The average molecular weight is 693 g/mol. The predicted molar refractivity (Wildman–Crippen MR) is 197 cm³/mol. The van der Waals surface area contributed by atoms with Crippen molar-refractivity contribution in [2.75, 3.05) is 13.2 Å². The lowest BCUT2D eigenvalue weighted by Gasteiger charge is -2.18. The molecule has 48 heavy (non-hydrogen) atoms. The zero-order valence-corrected chi connectivity index (χ0v) is 30.7. The Morgan fingerprint density at radius 1 is 0.583 bits per heavy atom. The summed E-state index contributed by atoms with van der Waals surface area (Å²) in [5, 5.41) is 0. The first kappa shape index (κ1) is 45.5. The summed E-state index contributed by atoms with van der Waals surface area (Å²) in [6, 6.07) is 0. The van der Waals surface area contributed by atoms with Crippen molar-refractivity contribution in [3.05, 3.63) is 72.9 Å². The summed E-state index contributed by atoms with van der Waals surface area (Å²) in [4.78, 5) is 42.6. The average Bonchev–Trinajstić information content (AvgIpc) is 3.05. The molecule has 0 radical (unpaired) electrons. The van der Waals surface area contributed by atoms with Gasteiger partial charge in [0.2, 0.25) is 0 Å². The number of esters is 2. The van der Waals surface area contributed by atoms with Gasteiger partial charge in [-0.05, 0) is 64.2 Å². The maximum absolute atomic E-state index is 12.3. The summed E-state index contributed by atoms with van der Waals surface area (Å²) < 4.78 is 26.1. The Hall–Kier alpha value is -2.51. The molecule has 0 aromatic heterocycles. The zero-order valence-electron chi connectivity index (χ0n) is 29.9. The fraction of sp³-hybridized carbons (Fsp3) is 0.641. The molecule has 0 rings (SSSR count). The number of rotatable bonds is 32. The van der Waals surface area contributed by atoms with Crippen molar-refractivity contribution in [1.29, 1.82) is 0 Å². The fourth-order valence-electron chi connectivity index (χ4n) is 4.56. The number of hydrogen-bond acceptors (Lipinski definition) is 6. The van der Waals surface area contributed by atoms with Gasteiger partial charge in [-0.15, -0.1) is 0 Å². The van der Waals surface area contributed by atoms with Gasteiger partial charge in [-0.2, -0.15) is 0 Å². The van der Waals surface area contributed by atoms with Crippen molar-refractivity contribution < 1.29 is 37.9 Å². The molecule has 0 aliphatic carbocycles. The van der Waals surface area contributed by atoms with Crippen LogP contribution in [0.1, 0.15) is 142 Å². The van der Waals surface area contributed by atoms with E-state index >= 15 is 0 Å². The molecule has 0 heterocycles. The third-order valence-corrected chi connectivity index (χ3v) is 7.73. The van der Waals surface area contributed by atoms with Crippen molar-refractivity contribution in [2.24, 2.45) is 0 Å². The Morgan fingerprint density at radius 2 is 1.06 bits per heavy atom. The summed E-state index contributed by atoms with van der Waals surface area (Å²) in [7, 11) is -4.78. The van der Waals surface area contributed by atoms with Crippen LogP contribution in [0.15, 0.2) is 72.9 Å². The third-order valence-electron chi connectivity index (χ3n) is 7.24. The first-order valence-corrected chi connectivity index (χ1v) is 19.8. The minimum atomic E-state index is -4.78. The summed E-state index contributed by atoms with van der Waals surface area (Å²) in [5.41, 5.74) is 0. The lowest BCUT2D eigenvalue weighted by molar-refractivity contribution is -0.160. The molecule has 0 fully saturated rings. The number of ether oxygens (including phenoxy) is 2. The first-order valence-electron chi connectivity index (χ1n) is 18.2. The molecule has 1 unspecified atom stereocenters. The molecule has 0 aliphatic heterocycles. The standard InChI is InChI=1S/C39H65O8P/c1-3-5-7-9-11-13-15-17-19-21-23-25-27-29-31-33-38(40)45-35-37(36-46-48(42,43)44)47-39(41)34-32-30-28-26-24-22-20-18-16-14-12-10-8-6-4-2/h6,8,12,14,17-20,24,26,30,32,37H,3-5,7,9-11,13,15-16,21-23,25,27-29,31,33-36H2,1-2H3,(H2,42,43,44)/b8-6-,14-12-,19-17-,20-18-,26-24-,32-30-. The van der Waals surface area contributed by atoms with E-state index in [1.54, 1.807) is 6.08 Å². The monoisotopic (exact) mass is 692 g/mol. The van der Waals surface area contributed by atoms with Crippen molar-refractivity contribution in [2.45, 2.75) is 148 Å². The highest BCUT2D eigenvalue weighted by Gasteiger charge is 2.22. The number of phosphoric acid groups is 1. The fourth-order valence-corrected chi connectivity index (χ4v) is 4.92. The van der Waals surface area contributed by atoms with E-state index in [2.05, 4.69) is 67.0 Å². The molecule has 0 bridgehead atoms. The molecule has 0 saturated carbocycles. The van der Waals surface area contributed by atoms with Crippen molar-refractivity contribution >= 4 is 19.8 Å². The quantitative estimate of drug-likeness (QED) is 0.0309. The summed E-state index contributed by atoms with van der Waals surface area (Å²) in [5.74, 6) is -1.05. The molecule has 2 N–H and O–H groups in total. The van der Waals surface area contributed by atoms with Gasteiger partial charge in [0.05, 0.1) is 13.0 Å². The second kappa shape index (κ2) is 34.4. The van der Waals surface area contributed by atoms with E-state index in [0.717, 1.165) is 57.8 Å². The highest BCUT2D eigenvalue weighted by atomic mass is 31.2. The van der Waals surface area contributed by atoms with E-state index in [9.17, 15) is 14.2 Å². The third kappa shape index (κ3) is 36.3. The molecule has 9 heteroatoms. The molecular formula is C39H65O8P. The van der Waals surface area contributed by atoms with Crippen molar-refractivity contribution in [1.82, 2.24) is 0 Å². The molecule has 1 atom stereocenters. The van der Waals surface area contributed by atoms with Crippen LogP contribution >= 0.6 is 7.82 Å². The number of hydrogen-bond donors (Lipinski definition) is 2. The van der Waals surface area contributed by atoms with Gasteiger partial charge in [-0.1, -0.05) is 138 Å². The van der Waals surface area contributed by atoms with Gasteiger partial charge in [0.15, 0.2) is 6.10 Å². The largest absolute Gasteiger partial charge is 0.469 e. The van der Waals surface area contributed by atoms with Crippen LogP contribution in [-0.2, 0) is 28.2 Å². The van der Waals surface area contributed by atoms with Gasteiger partial charge in [0, 0.05) is 6.42 Å². The molecule has 0 amide bonds. The molecule has 0 aromatic carbocycles. The second-order valence-electron chi connectivity index (χ2n) is 11.8. The number of phosphoric ester groups is 1. The van der Waals surface area contributed by atoms with Crippen LogP contribution in [0.25, 0.3) is 0 Å². The highest BCUT2D eigenvalue weighted by Crippen LogP contribution is 2.35. The maximum atomic E-state index is 12.3. The number of unbranched alkanes of at least 4 members (excludes halogenated alkanes) is 11. The number of carbonyl (C=O) groups excluding carboxylic acids is 2. The molecular weight excluding hydrogens is 627 g/mol. The van der Waals surface area contributed by atoms with Crippen molar-refractivity contribution in [3.8, 4) is 0 Å². The van der Waals surface area contributed by atoms with Gasteiger partial charge >= 0.3 is 19.8 Å². The van der Waals surface area contributed by atoms with Crippen LogP contribution in [0.3, 0.4) is 0 Å². The molecule has 0 aliphatic rings. The van der Waals surface area contributed by atoms with Gasteiger partial charge in [0.25, 0.3) is 0 Å². The van der Waals surface area contributed by atoms with Gasteiger partial charge in [-0.3, -0.25) is 14.1 Å². The van der Waals surface area contributed by atoms with Gasteiger partial charge in [0.1, 0.15) is 6.61 Å². The van der Waals surface area contributed by atoms with Crippen LogP contribution < -0.4 is 0 Å². The van der Waals surface area contributed by atoms with E-state index in [-0.39, 0.29) is 19.4 Å². The van der Waals surface area contributed by atoms with Crippen LogP contribution in [0.4, 0.5) is 0 Å². The summed E-state index contributed by atoms with van der Waals surface area (Å²) >= 11 is 0. The molecule has 0 aromatic rings. The molecule has 274 valence electrons. The second-order valence-corrected chi connectivity index (χ2v) is 13.1. The van der Waals surface area contributed by atoms with E-state index in [4.69, 9.17) is 19.3 Å². The van der Waals surface area contributed by atoms with Crippen LogP contribution in [0, 0.1) is 0 Å². The normalized spacial score (nSPS) is 13.3. The number of carbonyl (C=O) groups is 2. The van der Waals surface area contributed by atoms with Gasteiger partial charge in [-0.25, -0.2) is 4.57 Å². The Bertz CT molecular complexity index is 1010. The van der Waals surface area contributed by atoms with Crippen LogP contribution in [0.2, 0.25) is 0 Å². The zero-order chi connectivity index (χ0) is 35.4. The lowest BCUT2D eigenvalue weighted by atomic mass is 10.1. The van der Waals surface area contributed by atoms with Crippen LogP contribution in [0.5, 0.6) is 0 Å². The van der Waals surface area contributed by atoms with E-state index < -0.39 is 32.5 Å². The molecule has 0 saturated heterocycles. The summed E-state index contributed by atoms with van der Waals surface area (Å²) in [6.07, 6.45) is 43.6. The highest BCUT2D eigenvalue weighted by molar-refractivity contribution is 7.46. The predicted octanol–water partition coefficient (Wildman–Crippen LogP) is 10.7. The lowest BCUT2D eigenvalue weighted by Crippen LogP contribution is -2.29. The van der Waals surface area contributed by atoms with E-state index in [1.165, 1.54) is 44.9 Å². The smallest absolute Gasteiger partial charge is 0.462 e. The maximum Gasteiger partial charge on any atom is 0.469 e. The topological polar surface area (TPSA) is 119 Å². The van der Waals surface area contributed by atoms with Crippen molar-refractivity contribution in [3.63, 3.8) is 0 Å². The Kier molecular flexibility index (Phi) is 32.6. The Morgan fingerprint density at radius 3 is 1.58 bits per heavy atom. The number of allylic oxidation sites excluding steroid dienone is 11. The SMILES string of the molecule is CC/C=C\C/C=C\C/C=C\C/C=C\C/C=C\CC(=O)OC(COC(=O)CCCCCCC/C=C\CCCCCCCC)COP(=O)(O)O. The van der Waals surface area contributed by atoms with E-state index in [1.807, 2.05) is 18.2 Å². The Balaban J connectivity index is 4.15. The van der Waals surface area contributed by atoms with Crippen LogP contribution in [-0.4, -0.2) is 41.0 Å². The molecule has 0 spiro atoms.